The molecule has 1 aliphatic carbocycles. The summed E-state index contributed by atoms with van der Waals surface area (Å²) in [5.41, 5.74) is 0.558. The van der Waals surface area contributed by atoms with Gasteiger partial charge in [0.15, 0.2) is 0 Å². The molecule has 2 aromatic carbocycles. The van der Waals surface area contributed by atoms with Crippen molar-refractivity contribution in [2.24, 2.45) is 13.0 Å². The number of aromatic nitrogens is 2. The summed E-state index contributed by atoms with van der Waals surface area (Å²) in [4.78, 5) is 53.1. The van der Waals surface area contributed by atoms with Crippen molar-refractivity contribution in [2.45, 2.75) is 18.9 Å². The van der Waals surface area contributed by atoms with Crippen LogP contribution in [-0.2, 0) is 11.8 Å². The van der Waals surface area contributed by atoms with E-state index in [0.29, 0.717) is 29.6 Å². The summed E-state index contributed by atoms with van der Waals surface area (Å²) in [6.45, 7) is 0.328. The Balaban J connectivity index is 1.57. The number of aliphatic hydroxyl groups excluding tert-OH is 1. The molecule has 12 heteroatoms. The van der Waals surface area contributed by atoms with E-state index in [-0.39, 0.29) is 34.6 Å². The monoisotopic (exact) mass is 586 g/mol. The minimum atomic E-state index is -1.23. The second kappa shape index (κ2) is 12.1. The predicted octanol–water partition coefficient (Wildman–Crippen LogP) is 3.13. The number of likely N-dealkylation sites (N-methyl/N-ethyl adjacent to an activating group) is 1. The quantitative estimate of drug-likeness (QED) is 0.350. The molecule has 0 bridgehead atoms. The number of carboxylic acid groups (broad SMARTS) is 1. The van der Waals surface area contributed by atoms with Crippen LogP contribution in [0.15, 0.2) is 64.2 Å². The molecule has 0 fully saturated rings. The van der Waals surface area contributed by atoms with Crippen LogP contribution in [0.2, 0.25) is 10.0 Å². The molecule has 3 aromatic rings. The minimum Gasteiger partial charge on any atom is -0.480 e. The number of carboxylic acids is 1. The molecule has 0 saturated carbocycles. The first-order valence-electron chi connectivity index (χ1n) is 12.5. The molecule has 1 heterocycles. The third-order valence-corrected chi connectivity index (χ3v) is 7.52. The zero-order chi connectivity index (χ0) is 29.1. The number of aliphatic carboxylic acids is 1. The van der Waals surface area contributed by atoms with Crippen LogP contribution in [0, 0.1) is 5.92 Å². The number of nitrogens with zero attached hydrogens (tertiary/aromatic N) is 3. The third-order valence-electron chi connectivity index (χ3n) is 6.89. The molecular weight excluding hydrogens is 559 g/mol. The maximum Gasteiger partial charge on any atom is 0.335 e. The van der Waals surface area contributed by atoms with Crippen LogP contribution in [0.4, 0.5) is 5.69 Å². The Morgan fingerprint density at radius 1 is 1.18 bits per heavy atom. The van der Waals surface area contributed by atoms with Crippen molar-refractivity contribution in [3.63, 3.8) is 0 Å². The fourth-order valence-corrected chi connectivity index (χ4v) is 5.22. The van der Waals surface area contributed by atoms with Crippen LogP contribution < -0.4 is 21.5 Å². The molecule has 1 amide bonds. The fourth-order valence-electron chi connectivity index (χ4n) is 4.66. The molecule has 4 rings (SSSR count). The second-order valence-electron chi connectivity index (χ2n) is 9.51. The molecule has 2 atom stereocenters. The Hall–Kier alpha value is -3.86. The summed E-state index contributed by atoms with van der Waals surface area (Å²) >= 11 is 12.2. The van der Waals surface area contributed by atoms with E-state index in [9.17, 15) is 29.4 Å². The predicted molar refractivity (Wildman–Crippen MR) is 155 cm³/mol. The number of aryl methyl sites for hydroxylation is 1. The molecule has 3 N–H and O–H groups in total. The van der Waals surface area contributed by atoms with Gasteiger partial charge in [-0.25, -0.2) is 14.2 Å². The summed E-state index contributed by atoms with van der Waals surface area (Å²) in [6.07, 6.45) is 5.43. The van der Waals surface area contributed by atoms with Crippen molar-refractivity contribution in [3.05, 3.63) is 91.1 Å². The maximum absolute atomic E-state index is 13.5. The summed E-state index contributed by atoms with van der Waals surface area (Å²) in [7, 11) is 3.37. The van der Waals surface area contributed by atoms with Gasteiger partial charge in [0.1, 0.15) is 6.04 Å². The molecule has 210 valence electrons. The number of halogens is 2. The maximum atomic E-state index is 13.5. The number of hydrogen-bond acceptors (Lipinski definition) is 6. The van der Waals surface area contributed by atoms with Gasteiger partial charge in [0, 0.05) is 32.0 Å². The summed E-state index contributed by atoms with van der Waals surface area (Å²) in [6, 6.07) is 8.49. The van der Waals surface area contributed by atoms with E-state index in [0.717, 1.165) is 10.3 Å². The number of carbonyl (C=O) groups excluding carboxylic acids is 1. The van der Waals surface area contributed by atoms with Crippen LogP contribution in [0.5, 0.6) is 0 Å². The van der Waals surface area contributed by atoms with Gasteiger partial charge >= 0.3 is 11.7 Å². The molecular formula is C28H28Cl2N4O6. The van der Waals surface area contributed by atoms with E-state index in [1.807, 2.05) is 0 Å². The summed E-state index contributed by atoms with van der Waals surface area (Å²) in [5.74, 6) is -2.21. The number of nitrogens with one attached hydrogen (secondary N) is 1. The molecule has 0 radical (unpaired) electrons. The smallest absolute Gasteiger partial charge is 0.335 e. The Morgan fingerprint density at radius 3 is 2.48 bits per heavy atom. The van der Waals surface area contributed by atoms with Crippen molar-refractivity contribution in [3.8, 4) is 0 Å². The molecule has 1 aromatic heterocycles. The van der Waals surface area contributed by atoms with Crippen LogP contribution in [0.1, 0.15) is 23.2 Å². The lowest BCUT2D eigenvalue weighted by atomic mass is 9.92. The number of allylic oxidation sites excluding steroid dienone is 4. The summed E-state index contributed by atoms with van der Waals surface area (Å²) in [5, 5.41) is 22.0. The number of benzene rings is 2. The zero-order valence-electron chi connectivity index (χ0n) is 21.8. The largest absolute Gasteiger partial charge is 0.480 e. The molecule has 0 saturated heterocycles. The second-order valence-corrected chi connectivity index (χ2v) is 10.3. The molecule has 1 unspecified atom stereocenters. The van der Waals surface area contributed by atoms with Crippen molar-refractivity contribution >= 4 is 57.4 Å². The van der Waals surface area contributed by atoms with E-state index < -0.39 is 29.2 Å². The highest BCUT2D eigenvalue weighted by Gasteiger charge is 2.27. The first-order chi connectivity index (χ1) is 19.0. The van der Waals surface area contributed by atoms with Gasteiger partial charge in [-0.2, -0.15) is 0 Å². The summed E-state index contributed by atoms with van der Waals surface area (Å²) < 4.78 is 2.48. The lowest BCUT2D eigenvalue weighted by Gasteiger charge is -2.22. The van der Waals surface area contributed by atoms with E-state index in [2.05, 4.69) is 5.32 Å². The molecule has 10 nitrogen and oxygen atoms in total. The number of hydrogen-bond donors (Lipinski definition) is 3. The van der Waals surface area contributed by atoms with E-state index >= 15 is 0 Å². The van der Waals surface area contributed by atoms with Crippen molar-refractivity contribution in [2.75, 3.05) is 25.1 Å². The van der Waals surface area contributed by atoms with Crippen molar-refractivity contribution in [1.29, 1.82) is 0 Å². The number of rotatable bonds is 9. The van der Waals surface area contributed by atoms with Crippen LogP contribution in [-0.4, -0.2) is 57.5 Å². The Bertz CT molecular complexity index is 1640. The number of carbonyl (C=O) groups is 2. The van der Waals surface area contributed by atoms with Crippen LogP contribution in [0.3, 0.4) is 0 Å². The first-order valence-corrected chi connectivity index (χ1v) is 13.2. The highest BCUT2D eigenvalue weighted by molar-refractivity contribution is 6.39. The number of aliphatic hydroxyl groups is 1. The molecule has 40 heavy (non-hydrogen) atoms. The van der Waals surface area contributed by atoms with Gasteiger partial charge in [0.05, 0.1) is 33.1 Å². The van der Waals surface area contributed by atoms with Crippen molar-refractivity contribution in [1.82, 2.24) is 14.5 Å². The average Bonchev–Trinajstić information content (AvgIpc) is 2.92. The fraction of sp³-hybridized carbons (Fsp3) is 0.286. The molecule has 1 aliphatic rings. The SMILES string of the molecule is CN(CCO)c1ccc2c(c1)c(=O)n(C1=CCC(C[C@H](NC(=O)c3c(Cl)cccc3Cl)C(=O)O)C=C1)c(=O)n2C. The van der Waals surface area contributed by atoms with E-state index in [4.69, 9.17) is 23.2 Å². The minimum absolute atomic E-state index is 0.00399. The van der Waals surface area contributed by atoms with Gasteiger partial charge in [0.25, 0.3) is 11.5 Å². The standard InChI is InChI=1S/C28H28Cl2N4O6/c1-32(12-13-35)18-10-11-23-19(15-18)26(37)34(28(40)33(23)2)17-8-6-16(7-9-17)14-22(27(38)39)31-25(36)24-20(29)4-3-5-21(24)30/h3-6,8-11,15-16,22,35H,7,12-14H2,1-2H3,(H,31,36)(H,38,39)/t16?,22-/m0/s1. The Labute approximate surface area is 239 Å². The average molecular weight is 587 g/mol. The van der Waals surface area contributed by atoms with Gasteiger partial charge in [-0.15, -0.1) is 0 Å². The first kappa shape index (κ1) is 29.1. The molecule has 0 aliphatic heterocycles. The normalized spacial score (nSPS) is 15.5. The van der Waals surface area contributed by atoms with Gasteiger partial charge in [0.2, 0.25) is 0 Å². The number of anilines is 1. The van der Waals surface area contributed by atoms with Gasteiger partial charge < -0.3 is 20.4 Å². The lowest BCUT2D eigenvalue weighted by molar-refractivity contribution is -0.139. The van der Waals surface area contributed by atoms with Crippen LogP contribution in [0.25, 0.3) is 16.6 Å². The Morgan fingerprint density at radius 2 is 1.88 bits per heavy atom. The zero-order valence-corrected chi connectivity index (χ0v) is 23.3. The van der Waals surface area contributed by atoms with Crippen LogP contribution >= 0.6 is 23.2 Å². The van der Waals surface area contributed by atoms with E-state index in [1.165, 1.54) is 16.7 Å². The van der Waals surface area contributed by atoms with E-state index in [1.54, 1.807) is 61.5 Å². The topological polar surface area (TPSA) is 134 Å². The Kier molecular flexibility index (Phi) is 8.82. The third kappa shape index (κ3) is 5.84. The lowest BCUT2D eigenvalue weighted by Crippen LogP contribution is -2.42. The number of amides is 1. The van der Waals surface area contributed by atoms with Crippen molar-refractivity contribution < 1.29 is 19.8 Å². The van der Waals surface area contributed by atoms with Gasteiger partial charge in [-0.3, -0.25) is 14.2 Å². The highest BCUT2D eigenvalue weighted by atomic mass is 35.5. The number of fused-ring (bicyclic) bond motifs is 1. The van der Waals surface area contributed by atoms with Gasteiger partial charge in [-0.05, 0) is 55.2 Å². The molecule has 0 spiro atoms. The highest BCUT2D eigenvalue weighted by Crippen LogP contribution is 2.26. The van der Waals surface area contributed by atoms with Gasteiger partial charge in [-0.1, -0.05) is 41.4 Å².